The molecule has 1 saturated heterocycles. The van der Waals surface area contributed by atoms with E-state index in [9.17, 15) is 0 Å². The fourth-order valence-corrected chi connectivity index (χ4v) is 3.32. The molecule has 0 amide bonds. The van der Waals surface area contributed by atoms with E-state index in [1.165, 1.54) is 5.56 Å². The SMILES string of the molecule is CCNC(=NCC(C)(C)N1CCOCC1)NCC(C)c1ccccc1OC. The van der Waals surface area contributed by atoms with Gasteiger partial charge in [0.1, 0.15) is 5.75 Å². The van der Waals surface area contributed by atoms with Crippen LogP contribution >= 0.6 is 0 Å². The molecular formula is C21H36N4O2. The summed E-state index contributed by atoms with van der Waals surface area (Å²) in [6.45, 7) is 14.7. The lowest BCUT2D eigenvalue weighted by Crippen LogP contribution is -2.52. The lowest BCUT2D eigenvalue weighted by Gasteiger charge is -2.40. The standard InChI is InChI=1S/C21H36N4O2/c1-6-22-20(24-16-21(3,4)25-11-13-27-14-12-25)23-15-17(2)18-9-7-8-10-19(18)26-5/h7-10,17H,6,11-16H2,1-5H3,(H2,22,23,24). The summed E-state index contributed by atoms with van der Waals surface area (Å²) in [5, 5.41) is 6.84. The highest BCUT2D eigenvalue weighted by molar-refractivity contribution is 5.79. The number of rotatable bonds is 8. The molecule has 0 saturated carbocycles. The molecule has 27 heavy (non-hydrogen) atoms. The second-order valence-corrected chi connectivity index (χ2v) is 7.63. The van der Waals surface area contributed by atoms with Crippen molar-refractivity contribution in [3.05, 3.63) is 29.8 Å². The van der Waals surface area contributed by atoms with Crippen LogP contribution in [0.1, 0.15) is 39.2 Å². The van der Waals surface area contributed by atoms with Gasteiger partial charge >= 0.3 is 0 Å². The van der Waals surface area contributed by atoms with Gasteiger partial charge in [-0.2, -0.15) is 0 Å². The van der Waals surface area contributed by atoms with Crippen LogP contribution in [0.2, 0.25) is 0 Å². The molecule has 0 radical (unpaired) electrons. The largest absolute Gasteiger partial charge is 0.496 e. The predicted molar refractivity (Wildman–Crippen MR) is 112 cm³/mol. The highest BCUT2D eigenvalue weighted by atomic mass is 16.5. The van der Waals surface area contributed by atoms with Crippen LogP contribution in [-0.2, 0) is 4.74 Å². The molecule has 1 atom stereocenters. The van der Waals surface area contributed by atoms with Gasteiger partial charge in [0.05, 0.1) is 26.9 Å². The molecule has 1 unspecified atom stereocenters. The van der Waals surface area contributed by atoms with E-state index in [4.69, 9.17) is 14.5 Å². The van der Waals surface area contributed by atoms with Crippen LogP contribution in [0.15, 0.2) is 29.3 Å². The van der Waals surface area contributed by atoms with E-state index in [2.05, 4.69) is 55.4 Å². The number of ether oxygens (including phenoxy) is 2. The molecule has 1 aliphatic rings. The molecule has 1 heterocycles. The van der Waals surface area contributed by atoms with Gasteiger partial charge in [0.15, 0.2) is 5.96 Å². The van der Waals surface area contributed by atoms with Crippen molar-refractivity contribution in [3.8, 4) is 5.75 Å². The molecule has 0 aliphatic carbocycles. The summed E-state index contributed by atoms with van der Waals surface area (Å²) < 4.78 is 11.0. The smallest absolute Gasteiger partial charge is 0.191 e. The van der Waals surface area contributed by atoms with Crippen molar-refractivity contribution in [2.24, 2.45) is 4.99 Å². The summed E-state index contributed by atoms with van der Waals surface area (Å²) in [5.74, 6) is 2.11. The molecule has 2 rings (SSSR count). The molecule has 152 valence electrons. The van der Waals surface area contributed by atoms with Crippen molar-refractivity contribution in [2.45, 2.75) is 39.2 Å². The minimum atomic E-state index is 0.0143. The highest BCUT2D eigenvalue weighted by Gasteiger charge is 2.28. The Morgan fingerprint density at radius 2 is 1.96 bits per heavy atom. The number of para-hydroxylation sites is 1. The van der Waals surface area contributed by atoms with Crippen molar-refractivity contribution in [3.63, 3.8) is 0 Å². The van der Waals surface area contributed by atoms with Gasteiger partial charge < -0.3 is 20.1 Å². The molecular weight excluding hydrogens is 340 g/mol. The Kier molecular flexibility index (Phi) is 8.38. The molecule has 6 heteroatoms. The zero-order valence-corrected chi connectivity index (χ0v) is 17.5. The summed E-state index contributed by atoms with van der Waals surface area (Å²) in [4.78, 5) is 7.31. The zero-order chi connectivity index (χ0) is 19.7. The summed E-state index contributed by atoms with van der Waals surface area (Å²) >= 11 is 0. The van der Waals surface area contributed by atoms with Crippen LogP contribution in [0.3, 0.4) is 0 Å². The fourth-order valence-electron chi connectivity index (χ4n) is 3.32. The minimum Gasteiger partial charge on any atom is -0.496 e. The van der Waals surface area contributed by atoms with Gasteiger partial charge in [0.2, 0.25) is 0 Å². The van der Waals surface area contributed by atoms with E-state index in [0.717, 1.165) is 57.6 Å². The molecule has 1 fully saturated rings. The van der Waals surface area contributed by atoms with Crippen molar-refractivity contribution in [2.75, 3.05) is 53.0 Å². The third-order valence-electron chi connectivity index (χ3n) is 5.08. The Labute approximate surface area is 164 Å². The van der Waals surface area contributed by atoms with E-state index >= 15 is 0 Å². The van der Waals surface area contributed by atoms with Gasteiger partial charge in [0.25, 0.3) is 0 Å². The predicted octanol–water partition coefficient (Wildman–Crippen LogP) is 2.46. The normalized spacial score (nSPS) is 17.4. The molecule has 2 N–H and O–H groups in total. The first kappa shape index (κ1) is 21.5. The second kappa shape index (κ2) is 10.5. The number of guanidine groups is 1. The van der Waals surface area contributed by atoms with Crippen molar-refractivity contribution in [1.82, 2.24) is 15.5 Å². The van der Waals surface area contributed by atoms with E-state index < -0.39 is 0 Å². The third-order valence-corrected chi connectivity index (χ3v) is 5.08. The van der Waals surface area contributed by atoms with Crippen LogP contribution in [-0.4, -0.2) is 69.4 Å². The van der Waals surface area contributed by atoms with Gasteiger partial charge in [0, 0.05) is 37.6 Å². The van der Waals surface area contributed by atoms with Crippen molar-refractivity contribution in [1.29, 1.82) is 0 Å². The number of hydrogen-bond acceptors (Lipinski definition) is 4. The van der Waals surface area contributed by atoms with Gasteiger partial charge in [-0.25, -0.2) is 0 Å². The molecule has 1 aliphatic heterocycles. The Hall–Kier alpha value is -1.79. The van der Waals surface area contributed by atoms with Crippen LogP contribution < -0.4 is 15.4 Å². The summed E-state index contributed by atoms with van der Waals surface area (Å²) in [6.07, 6.45) is 0. The summed E-state index contributed by atoms with van der Waals surface area (Å²) in [7, 11) is 1.72. The quantitative estimate of drug-likeness (QED) is 0.539. The topological polar surface area (TPSA) is 58.1 Å². The lowest BCUT2D eigenvalue weighted by atomic mass is 10.00. The average molecular weight is 377 g/mol. The monoisotopic (exact) mass is 376 g/mol. The van der Waals surface area contributed by atoms with Gasteiger partial charge in [-0.3, -0.25) is 9.89 Å². The number of nitrogens with zero attached hydrogens (tertiary/aromatic N) is 2. The number of methoxy groups -OCH3 is 1. The second-order valence-electron chi connectivity index (χ2n) is 7.63. The molecule has 0 spiro atoms. The maximum absolute atomic E-state index is 5.49. The number of morpholine rings is 1. The summed E-state index contributed by atoms with van der Waals surface area (Å²) in [5.41, 5.74) is 1.22. The molecule has 0 bridgehead atoms. The Morgan fingerprint density at radius 3 is 2.63 bits per heavy atom. The Morgan fingerprint density at radius 1 is 1.26 bits per heavy atom. The Bertz CT molecular complexity index is 598. The van der Waals surface area contributed by atoms with Crippen LogP contribution in [0.25, 0.3) is 0 Å². The number of hydrogen-bond donors (Lipinski definition) is 2. The van der Waals surface area contributed by atoms with Crippen LogP contribution in [0, 0.1) is 0 Å². The van der Waals surface area contributed by atoms with Gasteiger partial charge in [-0.1, -0.05) is 25.1 Å². The summed E-state index contributed by atoms with van der Waals surface area (Å²) in [6, 6.07) is 8.19. The first-order valence-corrected chi connectivity index (χ1v) is 9.96. The van der Waals surface area contributed by atoms with E-state index in [0.29, 0.717) is 5.92 Å². The van der Waals surface area contributed by atoms with Gasteiger partial charge in [-0.05, 0) is 32.4 Å². The average Bonchev–Trinajstić information content (AvgIpc) is 2.70. The lowest BCUT2D eigenvalue weighted by molar-refractivity contribution is -0.00683. The maximum atomic E-state index is 5.49. The molecule has 6 nitrogen and oxygen atoms in total. The van der Waals surface area contributed by atoms with Crippen LogP contribution in [0.4, 0.5) is 0 Å². The third kappa shape index (κ3) is 6.40. The first-order chi connectivity index (χ1) is 13.0. The number of benzene rings is 1. The number of nitrogens with one attached hydrogen (secondary N) is 2. The maximum Gasteiger partial charge on any atom is 0.191 e. The van der Waals surface area contributed by atoms with E-state index in [1.54, 1.807) is 7.11 Å². The van der Waals surface area contributed by atoms with Crippen molar-refractivity contribution < 1.29 is 9.47 Å². The Balaban J connectivity index is 1.96. The van der Waals surface area contributed by atoms with E-state index in [-0.39, 0.29) is 5.54 Å². The van der Waals surface area contributed by atoms with Gasteiger partial charge in [-0.15, -0.1) is 0 Å². The highest BCUT2D eigenvalue weighted by Crippen LogP contribution is 2.25. The number of aliphatic imine (C=N–C) groups is 1. The molecule has 1 aromatic rings. The fraction of sp³-hybridized carbons (Fsp3) is 0.667. The van der Waals surface area contributed by atoms with Crippen molar-refractivity contribution >= 4 is 5.96 Å². The zero-order valence-electron chi connectivity index (χ0n) is 17.5. The minimum absolute atomic E-state index is 0.0143. The first-order valence-electron chi connectivity index (χ1n) is 9.96. The van der Waals surface area contributed by atoms with E-state index in [1.807, 2.05) is 12.1 Å². The molecule has 1 aromatic carbocycles. The molecule has 0 aromatic heterocycles. The van der Waals surface area contributed by atoms with Crippen LogP contribution in [0.5, 0.6) is 5.75 Å².